The quantitative estimate of drug-likeness (QED) is 0.780. The number of para-hydroxylation sites is 1. The van der Waals surface area contributed by atoms with Gasteiger partial charge in [0.1, 0.15) is 0 Å². The van der Waals surface area contributed by atoms with Crippen LogP contribution in [0.2, 0.25) is 0 Å². The number of nitrogens with zero attached hydrogens (tertiary/aromatic N) is 1. The minimum Gasteiger partial charge on any atom is -0.351 e. The zero-order valence-corrected chi connectivity index (χ0v) is 9.93. The van der Waals surface area contributed by atoms with Gasteiger partial charge in [0, 0.05) is 18.7 Å². The fourth-order valence-electron chi connectivity index (χ4n) is 2.70. The molecule has 2 fully saturated rings. The van der Waals surface area contributed by atoms with Crippen LogP contribution in [0, 0.1) is 0 Å². The highest BCUT2D eigenvalue weighted by molar-refractivity contribution is 5.91. The first-order valence-electron chi connectivity index (χ1n) is 6.16. The molecule has 2 saturated heterocycles. The van der Waals surface area contributed by atoms with Gasteiger partial charge in [0.15, 0.2) is 0 Å². The third-order valence-corrected chi connectivity index (χ3v) is 3.57. The highest BCUT2D eigenvalue weighted by atomic mass is 16.2. The molecule has 5 heteroatoms. The first-order valence-corrected chi connectivity index (χ1v) is 6.16. The summed E-state index contributed by atoms with van der Waals surface area (Å²) >= 11 is 0. The standard InChI is InChI=1S/C13H15N3O2/c17-12-8-11-10(15-12)6-7-16(11)13(18)14-9-4-2-1-3-5-9/h1-5,10-11H,6-8H2,(H,14,18)(H,15,17). The SMILES string of the molecule is O=C1CC2C(CCN2C(=O)Nc2ccccc2)N1. The second kappa shape index (κ2) is 4.33. The number of hydrogen-bond donors (Lipinski definition) is 2. The molecule has 0 radical (unpaired) electrons. The lowest BCUT2D eigenvalue weighted by Gasteiger charge is -2.22. The average Bonchev–Trinajstić information content (AvgIpc) is 2.88. The minimum absolute atomic E-state index is 0.0150. The zero-order valence-electron chi connectivity index (χ0n) is 9.93. The number of nitrogens with one attached hydrogen (secondary N) is 2. The summed E-state index contributed by atoms with van der Waals surface area (Å²) in [4.78, 5) is 25.2. The van der Waals surface area contributed by atoms with Crippen molar-refractivity contribution in [2.45, 2.75) is 24.9 Å². The van der Waals surface area contributed by atoms with Crippen molar-refractivity contribution in [1.29, 1.82) is 0 Å². The molecule has 2 unspecified atom stereocenters. The summed E-state index contributed by atoms with van der Waals surface area (Å²) in [6, 6.07) is 9.39. The van der Waals surface area contributed by atoms with E-state index in [1.54, 1.807) is 4.90 Å². The Bertz CT molecular complexity index is 474. The van der Waals surface area contributed by atoms with Gasteiger partial charge >= 0.3 is 6.03 Å². The van der Waals surface area contributed by atoms with Crippen LogP contribution in [0.5, 0.6) is 0 Å². The summed E-state index contributed by atoms with van der Waals surface area (Å²) in [5, 5.41) is 5.76. The number of carbonyl (C=O) groups is 2. The summed E-state index contributed by atoms with van der Waals surface area (Å²) in [5.41, 5.74) is 0.781. The normalized spacial score (nSPS) is 25.8. The number of anilines is 1. The van der Waals surface area contributed by atoms with Crippen molar-refractivity contribution in [3.8, 4) is 0 Å². The first kappa shape index (κ1) is 11.1. The maximum absolute atomic E-state index is 12.1. The van der Waals surface area contributed by atoms with Crippen LogP contribution in [0.1, 0.15) is 12.8 Å². The molecular formula is C13H15N3O2. The molecule has 0 aromatic heterocycles. The summed E-state index contributed by atoms with van der Waals surface area (Å²) in [7, 11) is 0. The second-order valence-electron chi connectivity index (χ2n) is 4.72. The van der Waals surface area contributed by atoms with E-state index in [2.05, 4.69) is 10.6 Å². The fourth-order valence-corrected chi connectivity index (χ4v) is 2.70. The molecule has 2 atom stereocenters. The summed E-state index contributed by atoms with van der Waals surface area (Å²) in [6.07, 6.45) is 1.27. The van der Waals surface area contributed by atoms with Crippen LogP contribution in [0.15, 0.2) is 30.3 Å². The lowest BCUT2D eigenvalue weighted by Crippen LogP contribution is -2.41. The Hall–Kier alpha value is -2.04. The van der Waals surface area contributed by atoms with Crippen molar-refractivity contribution in [2.75, 3.05) is 11.9 Å². The van der Waals surface area contributed by atoms with E-state index in [-0.39, 0.29) is 24.0 Å². The summed E-state index contributed by atoms with van der Waals surface area (Å²) in [5.74, 6) is 0.0437. The van der Waals surface area contributed by atoms with Crippen molar-refractivity contribution in [2.24, 2.45) is 0 Å². The molecule has 2 heterocycles. The molecular weight excluding hydrogens is 230 g/mol. The highest BCUT2D eigenvalue weighted by Crippen LogP contribution is 2.26. The van der Waals surface area contributed by atoms with E-state index >= 15 is 0 Å². The molecule has 1 aromatic carbocycles. The van der Waals surface area contributed by atoms with E-state index in [0.29, 0.717) is 13.0 Å². The number of amides is 3. The van der Waals surface area contributed by atoms with Crippen molar-refractivity contribution in [3.05, 3.63) is 30.3 Å². The molecule has 0 bridgehead atoms. The number of urea groups is 1. The lowest BCUT2D eigenvalue weighted by molar-refractivity contribution is -0.119. The van der Waals surface area contributed by atoms with Gasteiger partial charge in [-0.2, -0.15) is 0 Å². The number of carbonyl (C=O) groups excluding carboxylic acids is 2. The maximum Gasteiger partial charge on any atom is 0.322 e. The molecule has 18 heavy (non-hydrogen) atoms. The third-order valence-electron chi connectivity index (χ3n) is 3.57. The number of hydrogen-bond acceptors (Lipinski definition) is 2. The Labute approximate surface area is 105 Å². The van der Waals surface area contributed by atoms with Crippen molar-refractivity contribution in [3.63, 3.8) is 0 Å². The van der Waals surface area contributed by atoms with E-state index in [0.717, 1.165) is 12.1 Å². The Morgan fingerprint density at radius 3 is 2.89 bits per heavy atom. The van der Waals surface area contributed by atoms with Gasteiger partial charge < -0.3 is 15.5 Å². The minimum atomic E-state index is -0.120. The fraction of sp³-hybridized carbons (Fsp3) is 0.385. The Morgan fingerprint density at radius 1 is 1.33 bits per heavy atom. The van der Waals surface area contributed by atoms with Crippen LogP contribution in [-0.4, -0.2) is 35.5 Å². The van der Waals surface area contributed by atoms with E-state index in [1.165, 1.54) is 0 Å². The number of fused-ring (bicyclic) bond motifs is 1. The summed E-state index contributed by atoms with van der Waals surface area (Å²) < 4.78 is 0. The smallest absolute Gasteiger partial charge is 0.322 e. The number of rotatable bonds is 1. The topological polar surface area (TPSA) is 61.4 Å². The van der Waals surface area contributed by atoms with Gasteiger partial charge in [-0.05, 0) is 18.6 Å². The van der Waals surface area contributed by atoms with Crippen LogP contribution in [0.4, 0.5) is 10.5 Å². The molecule has 2 aliphatic heterocycles. The Morgan fingerprint density at radius 2 is 2.11 bits per heavy atom. The molecule has 2 aliphatic rings. The van der Waals surface area contributed by atoms with E-state index in [4.69, 9.17) is 0 Å². The van der Waals surface area contributed by atoms with Crippen molar-refractivity contribution in [1.82, 2.24) is 10.2 Å². The van der Waals surface area contributed by atoms with Gasteiger partial charge in [0.25, 0.3) is 0 Å². The molecule has 1 aromatic rings. The van der Waals surface area contributed by atoms with Crippen LogP contribution in [0.3, 0.4) is 0 Å². The van der Waals surface area contributed by atoms with E-state index in [1.807, 2.05) is 30.3 Å². The molecule has 94 valence electrons. The van der Waals surface area contributed by atoms with E-state index in [9.17, 15) is 9.59 Å². The second-order valence-corrected chi connectivity index (χ2v) is 4.72. The molecule has 5 nitrogen and oxygen atoms in total. The Balaban J connectivity index is 1.68. The van der Waals surface area contributed by atoms with Crippen molar-refractivity contribution < 1.29 is 9.59 Å². The highest BCUT2D eigenvalue weighted by Gasteiger charge is 2.43. The maximum atomic E-state index is 12.1. The molecule has 0 saturated carbocycles. The van der Waals surface area contributed by atoms with Gasteiger partial charge in [-0.15, -0.1) is 0 Å². The number of benzene rings is 1. The predicted octanol–water partition coefficient (Wildman–Crippen LogP) is 1.18. The van der Waals surface area contributed by atoms with Gasteiger partial charge in [0.05, 0.1) is 12.1 Å². The molecule has 2 N–H and O–H groups in total. The van der Waals surface area contributed by atoms with Crippen LogP contribution < -0.4 is 10.6 Å². The average molecular weight is 245 g/mol. The molecule has 3 rings (SSSR count). The largest absolute Gasteiger partial charge is 0.351 e. The Kier molecular flexibility index (Phi) is 2.66. The monoisotopic (exact) mass is 245 g/mol. The van der Waals surface area contributed by atoms with Gasteiger partial charge in [-0.25, -0.2) is 4.79 Å². The van der Waals surface area contributed by atoms with Gasteiger partial charge in [-0.3, -0.25) is 4.79 Å². The first-order chi connectivity index (χ1) is 8.74. The predicted molar refractivity (Wildman–Crippen MR) is 67.1 cm³/mol. The van der Waals surface area contributed by atoms with Gasteiger partial charge in [0.2, 0.25) is 5.91 Å². The van der Waals surface area contributed by atoms with Crippen molar-refractivity contribution >= 4 is 17.6 Å². The zero-order chi connectivity index (χ0) is 12.5. The third kappa shape index (κ3) is 1.92. The number of likely N-dealkylation sites (tertiary alicyclic amines) is 1. The molecule has 0 spiro atoms. The van der Waals surface area contributed by atoms with Crippen LogP contribution >= 0.6 is 0 Å². The van der Waals surface area contributed by atoms with Crippen LogP contribution in [0.25, 0.3) is 0 Å². The lowest BCUT2D eigenvalue weighted by atomic mass is 10.1. The molecule has 3 amide bonds. The van der Waals surface area contributed by atoms with E-state index < -0.39 is 0 Å². The molecule has 0 aliphatic carbocycles. The van der Waals surface area contributed by atoms with Crippen LogP contribution in [-0.2, 0) is 4.79 Å². The summed E-state index contributed by atoms with van der Waals surface area (Å²) in [6.45, 7) is 0.703. The van der Waals surface area contributed by atoms with Gasteiger partial charge in [-0.1, -0.05) is 18.2 Å².